The first-order chi connectivity index (χ1) is 14.4. The van der Waals surface area contributed by atoms with Crippen molar-refractivity contribution in [3.8, 4) is 0 Å². The molecule has 0 fully saturated rings. The van der Waals surface area contributed by atoms with Gasteiger partial charge in [0.15, 0.2) is 0 Å². The van der Waals surface area contributed by atoms with Crippen LogP contribution in [-0.4, -0.2) is 17.6 Å². The molecule has 154 valence electrons. The molecule has 2 N–H and O–H groups in total. The maximum Gasteiger partial charge on any atom is 0.339 e. The molecule has 1 amide bonds. The van der Waals surface area contributed by atoms with Crippen molar-refractivity contribution >= 4 is 27.8 Å². The third kappa shape index (κ3) is 3.86. The maximum absolute atomic E-state index is 12.5. The molecule has 0 unspecified atom stereocenters. The normalized spacial score (nSPS) is 12.4. The van der Waals surface area contributed by atoms with Crippen LogP contribution >= 0.6 is 0 Å². The monoisotopic (exact) mass is 405 g/mol. The molecule has 0 saturated carbocycles. The molecule has 0 aliphatic carbocycles. The van der Waals surface area contributed by atoms with Crippen molar-refractivity contribution in [2.45, 2.75) is 32.8 Å². The molecule has 6 nitrogen and oxygen atoms in total. The van der Waals surface area contributed by atoms with E-state index in [0.29, 0.717) is 16.7 Å². The van der Waals surface area contributed by atoms with Gasteiger partial charge in [0.1, 0.15) is 11.2 Å². The number of hydrogen-bond acceptors (Lipinski definition) is 5. The number of benzene rings is 2. The van der Waals surface area contributed by atoms with Gasteiger partial charge < -0.3 is 19.3 Å². The fraction of sp³-hybridized carbons (Fsp3) is 0.250. The zero-order chi connectivity index (χ0) is 21.3. The Hall–Kier alpha value is -3.38. The largest absolute Gasteiger partial charge is 0.464 e. The number of aliphatic hydroxyl groups excluding tert-OH is 1. The smallest absolute Gasteiger partial charge is 0.339 e. The van der Waals surface area contributed by atoms with Gasteiger partial charge in [0, 0.05) is 35.4 Å². The maximum atomic E-state index is 12.5. The van der Waals surface area contributed by atoms with E-state index in [1.165, 1.54) is 0 Å². The van der Waals surface area contributed by atoms with Gasteiger partial charge in [0.2, 0.25) is 5.91 Å². The van der Waals surface area contributed by atoms with Crippen molar-refractivity contribution in [2.24, 2.45) is 0 Å². The summed E-state index contributed by atoms with van der Waals surface area (Å²) >= 11 is 0. The summed E-state index contributed by atoms with van der Waals surface area (Å²) in [5.41, 5.74) is 3.74. The van der Waals surface area contributed by atoms with Gasteiger partial charge in [-0.1, -0.05) is 30.3 Å². The second-order valence-electron chi connectivity index (χ2n) is 7.49. The predicted molar refractivity (Wildman–Crippen MR) is 114 cm³/mol. The Morgan fingerprint density at radius 1 is 1.10 bits per heavy atom. The Labute approximate surface area is 173 Å². The molecule has 0 aliphatic heterocycles. The number of furan rings is 1. The standard InChI is InChI=1S/C24H23NO5/c1-14-13-29-21-11-22-19(10-18(14)21)15(2)17(24(28)30-22)8-9-23(27)25-12-20(26)16-6-4-3-5-7-16/h3-7,10-11,13,20,26H,8-9,12H2,1-2H3,(H,25,27)/t20-/m1/s1. The van der Waals surface area contributed by atoms with E-state index in [2.05, 4.69) is 5.32 Å². The van der Waals surface area contributed by atoms with Gasteiger partial charge in [-0.3, -0.25) is 4.79 Å². The molecule has 0 aliphatic rings. The van der Waals surface area contributed by atoms with Crippen LogP contribution in [0.2, 0.25) is 0 Å². The summed E-state index contributed by atoms with van der Waals surface area (Å²) in [5, 5.41) is 14.7. The van der Waals surface area contributed by atoms with Gasteiger partial charge in [0.05, 0.1) is 12.4 Å². The van der Waals surface area contributed by atoms with Gasteiger partial charge in [-0.15, -0.1) is 0 Å². The molecule has 0 saturated heterocycles. The molecular formula is C24H23NO5. The zero-order valence-electron chi connectivity index (χ0n) is 16.9. The second-order valence-corrected chi connectivity index (χ2v) is 7.49. The first-order valence-electron chi connectivity index (χ1n) is 9.88. The van der Waals surface area contributed by atoms with Gasteiger partial charge >= 0.3 is 5.63 Å². The molecule has 4 rings (SSSR count). The van der Waals surface area contributed by atoms with Gasteiger partial charge in [0.25, 0.3) is 0 Å². The first-order valence-corrected chi connectivity index (χ1v) is 9.88. The summed E-state index contributed by atoms with van der Waals surface area (Å²) in [6.45, 7) is 3.94. The highest BCUT2D eigenvalue weighted by molar-refractivity contribution is 5.96. The van der Waals surface area contributed by atoms with E-state index in [9.17, 15) is 14.7 Å². The fourth-order valence-corrected chi connectivity index (χ4v) is 3.66. The Bertz CT molecular complexity index is 1270. The minimum absolute atomic E-state index is 0.117. The van der Waals surface area contributed by atoms with E-state index in [1.807, 2.05) is 38.1 Å². The van der Waals surface area contributed by atoms with Crippen LogP contribution in [0.4, 0.5) is 0 Å². The van der Waals surface area contributed by atoms with Crippen molar-refractivity contribution < 1.29 is 18.7 Å². The highest BCUT2D eigenvalue weighted by atomic mass is 16.4. The van der Waals surface area contributed by atoms with Crippen LogP contribution in [0, 0.1) is 13.8 Å². The number of carbonyl (C=O) groups excluding carboxylic acids is 1. The van der Waals surface area contributed by atoms with Crippen LogP contribution in [0.25, 0.3) is 21.9 Å². The molecule has 30 heavy (non-hydrogen) atoms. The van der Waals surface area contributed by atoms with E-state index in [0.717, 1.165) is 27.5 Å². The number of nitrogens with one attached hydrogen (secondary N) is 1. The highest BCUT2D eigenvalue weighted by Crippen LogP contribution is 2.29. The van der Waals surface area contributed by atoms with Gasteiger partial charge in [-0.2, -0.15) is 0 Å². The van der Waals surface area contributed by atoms with Crippen LogP contribution < -0.4 is 10.9 Å². The number of fused-ring (bicyclic) bond motifs is 2. The lowest BCUT2D eigenvalue weighted by Crippen LogP contribution is -2.29. The van der Waals surface area contributed by atoms with Crippen molar-refractivity contribution in [1.29, 1.82) is 0 Å². The molecule has 0 spiro atoms. The van der Waals surface area contributed by atoms with Crippen molar-refractivity contribution in [1.82, 2.24) is 5.32 Å². The lowest BCUT2D eigenvalue weighted by atomic mass is 10.0. The van der Waals surface area contributed by atoms with E-state index in [1.54, 1.807) is 24.5 Å². The summed E-state index contributed by atoms with van der Waals surface area (Å²) in [4.78, 5) is 24.7. The SMILES string of the molecule is Cc1coc2cc3oc(=O)c(CCC(=O)NC[C@@H](O)c4ccccc4)c(C)c3cc12. The molecule has 6 heteroatoms. The number of amides is 1. The van der Waals surface area contributed by atoms with Crippen molar-refractivity contribution in [3.63, 3.8) is 0 Å². The average molecular weight is 405 g/mol. The lowest BCUT2D eigenvalue weighted by molar-refractivity contribution is -0.121. The molecule has 4 aromatic rings. The Morgan fingerprint density at radius 2 is 1.87 bits per heavy atom. The third-order valence-corrected chi connectivity index (χ3v) is 5.45. The zero-order valence-corrected chi connectivity index (χ0v) is 16.9. The van der Waals surface area contributed by atoms with Crippen molar-refractivity contribution in [3.05, 3.63) is 81.4 Å². The van der Waals surface area contributed by atoms with E-state index < -0.39 is 11.7 Å². The van der Waals surface area contributed by atoms with Gasteiger partial charge in [-0.05, 0) is 43.0 Å². The molecule has 0 bridgehead atoms. The van der Waals surface area contributed by atoms with Gasteiger partial charge in [-0.25, -0.2) is 4.79 Å². The molecular weight excluding hydrogens is 382 g/mol. The van der Waals surface area contributed by atoms with Crippen LogP contribution in [0.3, 0.4) is 0 Å². The fourth-order valence-electron chi connectivity index (χ4n) is 3.66. The van der Waals surface area contributed by atoms with Crippen molar-refractivity contribution in [2.75, 3.05) is 6.54 Å². The summed E-state index contributed by atoms with van der Waals surface area (Å²) in [6.07, 6.45) is 1.29. The number of aliphatic hydroxyl groups is 1. The minimum atomic E-state index is -0.775. The van der Waals surface area contributed by atoms with Crippen LogP contribution in [0.5, 0.6) is 0 Å². The lowest BCUT2D eigenvalue weighted by Gasteiger charge is -2.12. The number of carbonyl (C=O) groups is 1. The second kappa shape index (κ2) is 8.16. The summed E-state index contributed by atoms with van der Waals surface area (Å²) in [7, 11) is 0. The minimum Gasteiger partial charge on any atom is -0.464 e. The third-order valence-electron chi connectivity index (χ3n) is 5.45. The Kier molecular flexibility index (Phi) is 5.42. The first kappa shape index (κ1) is 19.9. The average Bonchev–Trinajstić information content (AvgIpc) is 3.11. The summed E-state index contributed by atoms with van der Waals surface area (Å²) in [6, 6.07) is 12.8. The Balaban J connectivity index is 1.48. The van der Waals surface area contributed by atoms with E-state index in [4.69, 9.17) is 8.83 Å². The summed E-state index contributed by atoms with van der Waals surface area (Å²) in [5.74, 6) is -0.231. The van der Waals surface area contributed by atoms with E-state index in [-0.39, 0.29) is 25.3 Å². The van der Waals surface area contributed by atoms with Crippen LogP contribution in [0.15, 0.2) is 62.4 Å². The molecule has 2 aromatic carbocycles. The quantitative estimate of drug-likeness (QED) is 0.474. The molecule has 0 radical (unpaired) electrons. The molecule has 1 atom stereocenters. The number of hydrogen-bond donors (Lipinski definition) is 2. The molecule has 2 aromatic heterocycles. The van der Waals surface area contributed by atoms with Crippen LogP contribution in [-0.2, 0) is 11.2 Å². The van der Waals surface area contributed by atoms with E-state index >= 15 is 0 Å². The topological polar surface area (TPSA) is 92.7 Å². The molecule has 2 heterocycles. The van der Waals surface area contributed by atoms with Crippen LogP contribution in [0.1, 0.15) is 34.8 Å². The number of rotatable bonds is 6. The predicted octanol–water partition coefficient (Wildman–Crippen LogP) is 3.94. The highest BCUT2D eigenvalue weighted by Gasteiger charge is 2.16. The summed E-state index contributed by atoms with van der Waals surface area (Å²) < 4.78 is 11.0. The Morgan fingerprint density at radius 3 is 2.63 bits per heavy atom. The number of aryl methyl sites for hydroxylation is 2.